The van der Waals surface area contributed by atoms with Crippen LogP contribution in [0, 0.1) is 17.8 Å². The quantitative estimate of drug-likeness (QED) is 0.587. The number of hydrogen-bond donors (Lipinski definition) is 1. The lowest BCUT2D eigenvalue weighted by Gasteiger charge is -2.28. The van der Waals surface area contributed by atoms with Crippen LogP contribution in [-0.4, -0.2) is 11.9 Å². The molecule has 2 aliphatic rings. The highest BCUT2D eigenvalue weighted by Gasteiger charge is 2.41. The summed E-state index contributed by atoms with van der Waals surface area (Å²) in [7, 11) is 0. The molecule has 2 saturated carbocycles. The molecule has 0 radical (unpaired) electrons. The molecule has 2 bridgehead atoms. The van der Waals surface area contributed by atoms with E-state index in [1.807, 2.05) is 19.1 Å². The zero-order valence-electron chi connectivity index (χ0n) is 10.9. The van der Waals surface area contributed by atoms with Crippen molar-refractivity contribution in [2.75, 3.05) is 0 Å². The minimum Gasteiger partial charge on any atom is -0.350 e. The number of hydrogen-bond acceptors (Lipinski definition) is 1. The molecular formula is C15H23NO. The predicted molar refractivity (Wildman–Crippen MR) is 70.5 cm³/mol. The monoisotopic (exact) mass is 233 g/mol. The Morgan fingerprint density at radius 2 is 2.12 bits per heavy atom. The highest BCUT2D eigenvalue weighted by molar-refractivity contribution is 5.87. The first-order valence-corrected chi connectivity index (χ1v) is 6.80. The zero-order valence-corrected chi connectivity index (χ0v) is 10.9. The lowest BCUT2D eigenvalue weighted by atomic mass is 9.84. The first-order valence-electron chi connectivity index (χ1n) is 6.80. The van der Waals surface area contributed by atoms with E-state index in [0.29, 0.717) is 12.0 Å². The Morgan fingerprint density at radius 3 is 2.71 bits per heavy atom. The second-order valence-electron chi connectivity index (χ2n) is 5.52. The summed E-state index contributed by atoms with van der Waals surface area (Å²) in [5.41, 5.74) is 0. The average molecular weight is 233 g/mol. The van der Waals surface area contributed by atoms with E-state index in [4.69, 9.17) is 0 Å². The van der Waals surface area contributed by atoms with Crippen molar-refractivity contribution in [3.8, 4) is 0 Å². The SMILES string of the molecule is C/C=C/C=CC(=O)NC(C)C1CC2CCC1C2. The topological polar surface area (TPSA) is 29.1 Å². The highest BCUT2D eigenvalue weighted by atomic mass is 16.1. The van der Waals surface area contributed by atoms with E-state index in [9.17, 15) is 4.79 Å². The molecule has 2 nitrogen and oxygen atoms in total. The molecule has 2 heteroatoms. The smallest absolute Gasteiger partial charge is 0.244 e. The number of amides is 1. The Balaban J connectivity index is 1.81. The Kier molecular flexibility index (Phi) is 4.03. The van der Waals surface area contributed by atoms with E-state index in [1.54, 1.807) is 12.2 Å². The molecular weight excluding hydrogens is 210 g/mol. The summed E-state index contributed by atoms with van der Waals surface area (Å²) >= 11 is 0. The third kappa shape index (κ3) is 2.99. The third-order valence-corrected chi connectivity index (χ3v) is 4.36. The molecule has 4 atom stereocenters. The molecule has 94 valence electrons. The van der Waals surface area contributed by atoms with Gasteiger partial charge in [-0.3, -0.25) is 4.79 Å². The second-order valence-corrected chi connectivity index (χ2v) is 5.52. The van der Waals surface area contributed by atoms with Gasteiger partial charge in [0.2, 0.25) is 5.91 Å². The summed E-state index contributed by atoms with van der Waals surface area (Å²) in [6.07, 6.45) is 12.7. The van der Waals surface area contributed by atoms with Crippen LogP contribution in [0.25, 0.3) is 0 Å². The number of carbonyl (C=O) groups excluding carboxylic acids is 1. The molecule has 1 N–H and O–H groups in total. The van der Waals surface area contributed by atoms with Crippen LogP contribution < -0.4 is 5.32 Å². The summed E-state index contributed by atoms with van der Waals surface area (Å²) < 4.78 is 0. The van der Waals surface area contributed by atoms with Gasteiger partial charge in [-0.1, -0.05) is 24.6 Å². The molecule has 0 aromatic carbocycles. The first kappa shape index (κ1) is 12.4. The maximum atomic E-state index is 11.7. The van der Waals surface area contributed by atoms with Crippen LogP contribution in [0.1, 0.15) is 39.5 Å². The van der Waals surface area contributed by atoms with E-state index in [0.717, 1.165) is 11.8 Å². The predicted octanol–water partition coefficient (Wildman–Crippen LogP) is 3.06. The largest absolute Gasteiger partial charge is 0.350 e. The van der Waals surface area contributed by atoms with E-state index in [2.05, 4.69) is 12.2 Å². The van der Waals surface area contributed by atoms with Crippen molar-refractivity contribution < 1.29 is 4.79 Å². The lowest BCUT2D eigenvalue weighted by Crippen LogP contribution is -2.39. The van der Waals surface area contributed by atoms with E-state index >= 15 is 0 Å². The van der Waals surface area contributed by atoms with Crippen LogP contribution in [0.15, 0.2) is 24.3 Å². The average Bonchev–Trinajstić information content (AvgIpc) is 2.91. The Bertz CT molecular complexity index is 332. The summed E-state index contributed by atoms with van der Waals surface area (Å²) in [4.78, 5) is 11.7. The number of nitrogens with one attached hydrogen (secondary N) is 1. The summed E-state index contributed by atoms with van der Waals surface area (Å²) in [5.74, 6) is 2.57. The van der Waals surface area contributed by atoms with Crippen molar-refractivity contribution >= 4 is 5.91 Å². The highest BCUT2D eigenvalue weighted by Crippen LogP contribution is 2.49. The minimum absolute atomic E-state index is 0.0402. The molecule has 1 amide bonds. The lowest BCUT2D eigenvalue weighted by molar-refractivity contribution is -0.117. The van der Waals surface area contributed by atoms with Crippen molar-refractivity contribution in [3.63, 3.8) is 0 Å². The molecule has 0 aliphatic heterocycles. The number of carbonyl (C=O) groups is 1. The van der Waals surface area contributed by atoms with Crippen LogP contribution in [-0.2, 0) is 4.79 Å². The van der Waals surface area contributed by atoms with Crippen LogP contribution in [0.5, 0.6) is 0 Å². The van der Waals surface area contributed by atoms with Crippen molar-refractivity contribution in [1.82, 2.24) is 5.32 Å². The second kappa shape index (κ2) is 5.52. The van der Waals surface area contributed by atoms with Crippen molar-refractivity contribution in [2.45, 2.75) is 45.6 Å². The maximum absolute atomic E-state index is 11.7. The standard InChI is InChI=1S/C15H23NO/c1-3-4-5-6-15(17)16-11(2)14-10-12-7-8-13(14)9-12/h3-6,11-14H,7-10H2,1-2H3,(H,16,17)/b4-3+,6-5?. The Morgan fingerprint density at radius 1 is 1.29 bits per heavy atom. The molecule has 0 heterocycles. The third-order valence-electron chi connectivity index (χ3n) is 4.36. The molecule has 0 aromatic rings. The van der Waals surface area contributed by atoms with Gasteiger partial charge in [0, 0.05) is 12.1 Å². The van der Waals surface area contributed by atoms with Crippen LogP contribution in [0.2, 0.25) is 0 Å². The van der Waals surface area contributed by atoms with Gasteiger partial charge in [-0.05, 0) is 50.9 Å². The number of allylic oxidation sites excluding steroid dienone is 3. The molecule has 4 unspecified atom stereocenters. The van der Waals surface area contributed by atoms with Crippen LogP contribution >= 0.6 is 0 Å². The van der Waals surface area contributed by atoms with Crippen LogP contribution in [0.4, 0.5) is 0 Å². The molecule has 0 aromatic heterocycles. The van der Waals surface area contributed by atoms with Gasteiger partial charge in [0.05, 0.1) is 0 Å². The van der Waals surface area contributed by atoms with Gasteiger partial charge in [-0.25, -0.2) is 0 Å². The van der Waals surface area contributed by atoms with Gasteiger partial charge in [-0.15, -0.1) is 0 Å². The molecule has 2 fully saturated rings. The summed E-state index contributed by atoms with van der Waals surface area (Å²) in [6.45, 7) is 4.10. The fourth-order valence-corrected chi connectivity index (χ4v) is 3.54. The zero-order chi connectivity index (χ0) is 12.3. The molecule has 2 rings (SSSR count). The van der Waals surface area contributed by atoms with E-state index in [-0.39, 0.29) is 5.91 Å². The van der Waals surface area contributed by atoms with E-state index in [1.165, 1.54) is 25.7 Å². The Hall–Kier alpha value is -1.05. The van der Waals surface area contributed by atoms with Gasteiger partial charge in [0.25, 0.3) is 0 Å². The first-order chi connectivity index (χ1) is 8.20. The minimum atomic E-state index is 0.0402. The molecule has 17 heavy (non-hydrogen) atoms. The van der Waals surface area contributed by atoms with Gasteiger partial charge in [-0.2, -0.15) is 0 Å². The van der Waals surface area contributed by atoms with Gasteiger partial charge in [0.1, 0.15) is 0 Å². The van der Waals surface area contributed by atoms with E-state index < -0.39 is 0 Å². The van der Waals surface area contributed by atoms with Crippen molar-refractivity contribution in [1.29, 1.82) is 0 Å². The molecule has 0 spiro atoms. The fraction of sp³-hybridized carbons (Fsp3) is 0.667. The Labute approximate surface area is 104 Å². The molecule has 0 saturated heterocycles. The normalized spacial score (nSPS) is 33.6. The number of fused-ring (bicyclic) bond motifs is 2. The number of rotatable bonds is 4. The van der Waals surface area contributed by atoms with Crippen molar-refractivity contribution in [2.24, 2.45) is 17.8 Å². The summed E-state index contributed by atoms with van der Waals surface area (Å²) in [6, 6.07) is 0.327. The van der Waals surface area contributed by atoms with Gasteiger partial charge >= 0.3 is 0 Å². The maximum Gasteiger partial charge on any atom is 0.244 e. The fourth-order valence-electron chi connectivity index (χ4n) is 3.54. The van der Waals surface area contributed by atoms with Crippen LogP contribution in [0.3, 0.4) is 0 Å². The summed E-state index contributed by atoms with van der Waals surface area (Å²) in [5, 5.41) is 3.11. The molecule has 2 aliphatic carbocycles. The van der Waals surface area contributed by atoms with Crippen molar-refractivity contribution in [3.05, 3.63) is 24.3 Å². The van der Waals surface area contributed by atoms with Gasteiger partial charge < -0.3 is 5.32 Å². The van der Waals surface area contributed by atoms with Gasteiger partial charge in [0.15, 0.2) is 0 Å².